The van der Waals surface area contributed by atoms with E-state index in [0.29, 0.717) is 22.2 Å². The van der Waals surface area contributed by atoms with Crippen LogP contribution in [0.4, 0.5) is 5.69 Å². The molecule has 1 unspecified atom stereocenters. The van der Waals surface area contributed by atoms with E-state index in [0.717, 1.165) is 10.6 Å². The highest BCUT2D eigenvalue weighted by molar-refractivity contribution is 7.92. The highest BCUT2D eigenvalue weighted by Gasteiger charge is 2.33. The van der Waals surface area contributed by atoms with Crippen LogP contribution in [0, 0.1) is 0 Å². The third-order valence-corrected chi connectivity index (χ3v) is 7.37. The van der Waals surface area contributed by atoms with E-state index in [1.54, 1.807) is 32.0 Å². The molecule has 0 spiro atoms. The summed E-state index contributed by atoms with van der Waals surface area (Å²) in [5, 5.41) is 3.68. The maximum atomic E-state index is 13.6. The number of likely N-dealkylation sites (N-methyl/N-ethyl adjacent to an activating group) is 1. The first-order chi connectivity index (χ1) is 15.9. The van der Waals surface area contributed by atoms with Crippen molar-refractivity contribution in [3.05, 3.63) is 62.1 Å². The topological polar surface area (TPSA) is 86.8 Å². The average molecular weight is 569 g/mol. The van der Waals surface area contributed by atoms with Crippen LogP contribution < -0.4 is 9.62 Å². The third-order valence-electron chi connectivity index (χ3n) is 4.98. The summed E-state index contributed by atoms with van der Waals surface area (Å²) in [6.45, 7) is 3.15. The Morgan fingerprint density at radius 1 is 1.00 bits per heavy atom. The number of hydrogen-bond donors (Lipinski definition) is 1. The quantitative estimate of drug-likeness (QED) is 0.436. The molecule has 2 amide bonds. The van der Waals surface area contributed by atoms with Gasteiger partial charge in [0.2, 0.25) is 21.8 Å². The second-order valence-electron chi connectivity index (χ2n) is 7.41. The van der Waals surface area contributed by atoms with Crippen LogP contribution in [0.2, 0.25) is 20.1 Å². The molecule has 2 aromatic rings. The molecule has 0 aliphatic rings. The summed E-state index contributed by atoms with van der Waals surface area (Å²) in [6, 6.07) is 8.30. The lowest BCUT2D eigenvalue weighted by Crippen LogP contribution is -2.52. The minimum absolute atomic E-state index is 0.0480. The van der Waals surface area contributed by atoms with Crippen molar-refractivity contribution in [3.63, 3.8) is 0 Å². The number of sulfonamides is 1. The van der Waals surface area contributed by atoms with Gasteiger partial charge < -0.3 is 10.2 Å². The Kier molecular flexibility index (Phi) is 10.3. The van der Waals surface area contributed by atoms with E-state index in [1.807, 2.05) is 0 Å². The fraction of sp³-hybridized carbons (Fsp3) is 0.364. The molecule has 1 N–H and O–H groups in total. The number of carbonyl (C=O) groups is 2. The van der Waals surface area contributed by atoms with E-state index in [4.69, 9.17) is 46.4 Å². The normalized spacial score (nSPS) is 12.2. The molecular weight excluding hydrogens is 544 g/mol. The van der Waals surface area contributed by atoms with Gasteiger partial charge >= 0.3 is 0 Å². The van der Waals surface area contributed by atoms with Gasteiger partial charge in [-0.15, -0.1) is 0 Å². The lowest BCUT2D eigenvalue weighted by Gasteiger charge is -2.33. The predicted octanol–water partition coefficient (Wildman–Crippen LogP) is 5.01. The van der Waals surface area contributed by atoms with Crippen molar-refractivity contribution >= 4 is 73.9 Å². The zero-order valence-electron chi connectivity index (χ0n) is 18.8. The van der Waals surface area contributed by atoms with Gasteiger partial charge in [-0.05, 0) is 43.7 Å². The molecule has 0 heterocycles. The molecule has 186 valence electrons. The van der Waals surface area contributed by atoms with Gasteiger partial charge in [-0.1, -0.05) is 59.4 Å². The van der Waals surface area contributed by atoms with Gasteiger partial charge in [0, 0.05) is 33.7 Å². The molecule has 0 aliphatic heterocycles. The monoisotopic (exact) mass is 567 g/mol. The lowest BCUT2D eigenvalue weighted by atomic mass is 10.1. The van der Waals surface area contributed by atoms with Crippen molar-refractivity contribution in [1.82, 2.24) is 10.2 Å². The summed E-state index contributed by atoms with van der Waals surface area (Å²) in [4.78, 5) is 27.6. The Labute approximate surface area is 220 Å². The van der Waals surface area contributed by atoms with Gasteiger partial charge in [0.05, 0.1) is 17.0 Å². The van der Waals surface area contributed by atoms with Gasteiger partial charge in [-0.25, -0.2) is 8.42 Å². The van der Waals surface area contributed by atoms with Gasteiger partial charge in [0.15, 0.2) is 0 Å². The summed E-state index contributed by atoms with van der Waals surface area (Å²) < 4.78 is 26.1. The summed E-state index contributed by atoms with van der Waals surface area (Å²) in [5.74, 6) is -1.02. The minimum atomic E-state index is -3.95. The molecule has 0 saturated heterocycles. The SMILES string of the molecule is CCNC(=O)C(CC)N(Cc1c(Cl)cccc1Cl)C(=O)CN(c1cc(Cl)ccc1Cl)S(C)(=O)=O. The van der Waals surface area contributed by atoms with Crippen molar-refractivity contribution in [2.24, 2.45) is 0 Å². The molecule has 0 fully saturated rings. The van der Waals surface area contributed by atoms with E-state index >= 15 is 0 Å². The molecular formula is C22H25Cl4N3O4S. The van der Waals surface area contributed by atoms with Crippen molar-refractivity contribution < 1.29 is 18.0 Å². The van der Waals surface area contributed by atoms with Crippen LogP contribution in [-0.4, -0.2) is 50.5 Å². The van der Waals surface area contributed by atoms with E-state index in [1.165, 1.54) is 23.1 Å². The van der Waals surface area contributed by atoms with Crippen LogP contribution in [0.25, 0.3) is 0 Å². The third kappa shape index (κ3) is 7.15. The molecule has 2 aromatic carbocycles. The highest BCUT2D eigenvalue weighted by atomic mass is 35.5. The maximum Gasteiger partial charge on any atom is 0.244 e. The second-order valence-corrected chi connectivity index (χ2v) is 11.0. The maximum absolute atomic E-state index is 13.6. The van der Waals surface area contributed by atoms with Crippen LogP contribution in [-0.2, 0) is 26.2 Å². The first-order valence-corrected chi connectivity index (χ1v) is 13.7. The van der Waals surface area contributed by atoms with Gasteiger partial charge in [0.25, 0.3) is 0 Å². The first kappa shape index (κ1) is 28.5. The number of hydrogen-bond acceptors (Lipinski definition) is 4. The Balaban J connectivity index is 2.54. The van der Waals surface area contributed by atoms with Crippen LogP contribution in [0.5, 0.6) is 0 Å². The molecule has 12 heteroatoms. The van der Waals surface area contributed by atoms with E-state index < -0.39 is 28.5 Å². The summed E-state index contributed by atoms with van der Waals surface area (Å²) in [7, 11) is -3.95. The van der Waals surface area contributed by atoms with Gasteiger partial charge in [-0.2, -0.15) is 0 Å². The number of benzene rings is 2. The molecule has 0 radical (unpaired) electrons. The largest absolute Gasteiger partial charge is 0.355 e. The lowest BCUT2D eigenvalue weighted by molar-refractivity contribution is -0.140. The summed E-state index contributed by atoms with van der Waals surface area (Å²) in [6.07, 6.45) is 1.23. The second kappa shape index (κ2) is 12.3. The predicted molar refractivity (Wildman–Crippen MR) is 138 cm³/mol. The van der Waals surface area contributed by atoms with Crippen LogP contribution >= 0.6 is 46.4 Å². The van der Waals surface area contributed by atoms with E-state index in [9.17, 15) is 18.0 Å². The average Bonchev–Trinajstić information content (AvgIpc) is 2.75. The Hall–Kier alpha value is -1.71. The Morgan fingerprint density at radius 3 is 2.15 bits per heavy atom. The minimum Gasteiger partial charge on any atom is -0.355 e. The smallest absolute Gasteiger partial charge is 0.244 e. The number of carbonyl (C=O) groups excluding carboxylic acids is 2. The number of rotatable bonds is 10. The Morgan fingerprint density at radius 2 is 1.62 bits per heavy atom. The van der Waals surface area contributed by atoms with E-state index in [2.05, 4.69) is 5.32 Å². The fourth-order valence-electron chi connectivity index (χ4n) is 3.34. The number of anilines is 1. The zero-order chi connectivity index (χ0) is 25.6. The number of nitrogens with zero attached hydrogens (tertiary/aromatic N) is 2. The number of amides is 2. The zero-order valence-corrected chi connectivity index (χ0v) is 22.7. The molecule has 34 heavy (non-hydrogen) atoms. The molecule has 0 bridgehead atoms. The highest BCUT2D eigenvalue weighted by Crippen LogP contribution is 2.31. The van der Waals surface area contributed by atoms with E-state index in [-0.39, 0.29) is 34.6 Å². The fourth-order valence-corrected chi connectivity index (χ4v) is 5.14. The Bertz CT molecular complexity index is 1140. The van der Waals surface area contributed by atoms with Gasteiger partial charge in [-0.3, -0.25) is 13.9 Å². The molecule has 0 aromatic heterocycles. The van der Waals surface area contributed by atoms with Crippen molar-refractivity contribution in [2.75, 3.05) is 23.7 Å². The van der Waals surface area contributed by atoms with Crippen LogP contribution in [0.1, 0.15) is 25.8 Å². The van der Waals surface area contributed by atoms with Crippen molar-refractivity contribution in [2.45, 2.75) is 32.9 Å². The molecule has 7 nitrogen and oxygen atoms in total. The van der Waals surface area contributed by atoms with Crippen molar-refractivity contribution in [3.8, 4) is 0 Å². The number of halogens is 4. The van der Waals surface area contributed by atoms with Crippen molar-refractivity contribution in [1.29, 1.82) is 0 Å². The summed E-state index contributed by atoms with van der Waals surface area (Å²) >= 11 is 24.9. The standard InChI is InChI=1S/C22H25Cl4N3O4S/c1-4-19(22(31)27-5-2)28(12-15-16(24)7-6-8-17(15)25)21(30)13-29(34(3,32)33)20-11-14(23)9-10-18(20)26/h6-11,19H,4-5,12-13H2,1-3H3,(H,27,31). The van der Waals surface area contributed by atoms with Crippen LogP contribution in [0.3, 0.4) is 0 Å². The van der Waals surface area contributed by atoms with Gasteiger partial charge in [0.1, 0.15) is 12.6 Å². The molecule has 2 rings (SSSR count). The van der Waals surface area contributed by atoms with Crippen LogP contribution in [0.15, 0.2) is 36.4 Å². The summed E-state index contributed by atoms with van der Waals surface area (Å²) in [5.41, 5.74) is 0.487. The molecule has 0 saturated carbocycles. The molecule has 1 atom stereocenters. The first-order valence-electron chi connectivity index (χ1n) is 10.3. The molecule has 0 aliphatic carbocycles. The number of nitrogens with one attached hydrogen (secondary N) is 1.